The molecule has 22 heavy (non-hydrogen) atoms. The third-order valence-electron chi connectivity index (χ3n) is 4.10. The monoisotopic (exact) mass is 309 g/mol. The molecule has 1 atom stereocenters. The molecule has 0 N–H and O–H groups in total. The Balaban J connectivity index is 1.68. The summed E-state index contributed by atoms with van der Waals surface area (Å²) < 4.78 is 0. The highest BCUT2D eigenvalue weighted by Crippen LogP contribution is 2.34. The number of hydrogen-bond donors (Lipinski definition) is 0. The van der Waals surface area contributed by atoms with Crippen LogP contribution in [0.25, 0.3) is 0 Å². The summed E-state index contributed by atoms with van der Waals surface area (Å²) in [6, 6.07) is 21.5. The first-order chi connectivity index (χ1) is 10.8. The van der Waals surface area contributed by atoms with Gasteiger partial charge in [0, 0.05) is 23.2 Å². The molecule has 114 valence electrons. The van der Waals surface area contributed by atoms with Crippen molar-refractivity contribution in [2.45, 2.75) is 36.5 Å². The third kappa shape index (κ3) is 3.95. The van der Waals surface area contributed by atoms with Gasteiger partial charge in [0.2, 0.25) is 0 Å². The Morgan fingerprint density at radius 3 is 2.36 bits per heavy atom. The third-order valence-corrected chi connectivity index (χ3v) is 5.47. The van der Waals surface area contributed by atoms with Gasteiger partial charge in [0.25, 0.3) is 0 Å². The molecule has 1 unspecified atom stereocenters. The molecule has 0 saturated heterocycles. The first-order valence-corrected chi connectivity index (χ1v) is 8.93. The topological polar surface area (TPSA) is 3.24 Å². The van der Waals surface area contributed by atoms with E-state index >= 15 is 0 Å². The molecule has 2 heteroatoms. The van der Waals surface area contributed by atoms with E-state index in [1.807, 2.05) is 11.8 Å². The highest BCUT2D eigenvalue weighted by atomic mass is 32.2. The number of rotatable bonds is 5. The van der Waals surface area contributed by atoms with E-state index in [4.69, 9.17) is 0 Å². The Labute approximate surface area is 138 Å². The molecular formula is C20H23NS. The van der Waals surface area contributed by atoms with E-state index in [0.29, 0.717) is 5.25 Å². The maximum absolute atomic E-state index is 2.47. The lowest BCUT2D eigenvalue weighted by molar-refractivity contribution is 0.342. The molecule has 0 aliphatic carbocycles. The molecule has 2 aromatic carbocycles. The second-order valence-corrected chi connectivity index (χ2v) is 7.00. The van der Waals surface area contributed by atoms with Crippen molar-refractivity contribution in [2.75, 3.05) is 6.54 Å². The van der Waals surface area contributed by atoms with E-state index in [1.165, 1.54) is 16.9 Å². The van der Waals surface area contributed by atoms with Gasteiger partial charge < -0.3 is 4.90 Å². The minimum Gasteiger partial charge on any atom is -0.373 e. The molecule has 1 aliphatic heterocycles. The molecule has 3 rings (SSSR count). The van der Waals surface area contributed by atoms with Crippen molar-refractivity contribution in [3.8, 4) is 0 Å². The molecule has 0 bridgehead atoms. The number of benzene rings is 2. The fourth-order valence-corrected chi connectivity index (χ4v) is 4.16. The van der Waals surface area contributed by atoms with E-state index in [0.717, 1.165) is 19.5 Å². The highest BCUT2D eigenvalue weighted by Gasteiger charge is 2.21. The van der Waals surface area contributed by atoms with Crippen molar-refractivity contribution in [2.24, 2.45) is 0 Å². The van der Waals surface area contributed by atoms with Crippen molar-refractivity contribution in [3.05, 3.63) is 78.0 Å². The molecule has 1 nitrogen and oxygen atoms in total. The van der Waals surface area contributed by atoms with Crippen LogP contribution in [0.15, 0.2) is 77.3 Å². The zero-order valence-electron chi connectivity index (χ0n) is 13.1. The Morgan fingerprint density at radius 1 is 1.00 bits per heavy atom. The minimum atomic E-state index is 0.624. The van der Waals surface area contributed by atoms with E-state index < -0.39 is 0 Å². The van der Waals surface area contributed by atoms with Crippen LogP contribution in [0, 0.1) is 0 Å². The molecule has 1 aliphatic rings. The van der Waals surface area contributed by atoms with Gasteiger partial charge in [-0.2, -0.15) is 0 Å². The second-order valence-electron chi connectivity index (χ2n) is 5.72. The standard InChI is InChI=1S/C20H23NS/c1-2-18-16-21(15-17-9-5-3-6-10-17)14-13-20(18)22-19-11-7-4-8-12-19/h3-12,16,20H,2,13-15H2,1H3. The van der Waals surface area contributed by atoms with Gasteiger partial charge in [-0.25, -0.2) is 0 Å². The molecular weight excluding hydrogens is 286 g/mol. The number of hydrogen-bond acceptors (Lipinski definition) is 2. The van der Waals surface area contributed by atoms with Gasteiger partial charge in [0.05, 0.1) is 0 Å². The van der Waals surface area contributed by atoms with Gasteiger partial charge >= 0.3 is 0 Å². The zero-order chi connectivity index (χ0) is 15.2. The summed E-state index contributed by atoms with van der Waals surface area (Å²) in [5, 5.41) is 0.624. The van der Waals surface area contributed by atoms with Gasteiger partial charge in [0.1, 0.15) is 0 Å². The predicted molar refractivity (Wildman–Crippen MR) is 95.9 cm³/mol. The van der Waals surface area contributed by atoms with E-state index in [-0.39, 0.29) is 0 Å². The zero-order valence-corrected chi connectivity index (χ0v) is 13.9. The van der Waals surface area contributed by atoms with Crippen LogP contribution in [0.4, 0.5) is 0 Å². The SMILES string of the molecule is CCC1=CN(Cc2ccccc2)CCC1Sc1ccccc1. The summed E-state index contributed by atoms with van der Waals surface area (Å²) >= 11 is 2.01. The fraction of sp³-hybridized carbons (Fsp3) is 0.300. The molecule has 0 aromatic heterocycles. The summed E-state index contributed by atoms with van der Waals surface area (Å²) in [4.78, 5) is 3.85. The molecule has 0 fully saturated rings. The van der Waals surface area contributed by atoms with Crippen LogP contribution in [0.5, 0.6) is 0 Å². The summed E-state index contributed by atoms with van der Waals surface area (Å²) in [6.45, 7) is 4.44. The Kier molecular flexibility index (Phi) is 5.23. The van der Waals surface area contributed by atoms with Gasteiger partial charge in [-0.05, 0) is 42.3 Å². The lowest BCUT2D eigenvalue weighted by atomic mass is 10.0. The van der Waals surface area contributed by atoms with Crippen LogP contribution in [0.2, 0.25) is 0 Å². The summed E-state index contributed by atoms with van der Waals surface area (Å²) in [5.41, 5.74) is 2.96. The van der Waals surface area contributed by atoms with Crippen LogP contribution in [0.3, 0.4) is 0 Å². The van der Waals surface area contributed by atoms with Gasteiger partial charge in [-0.3, -0.25) is 0 Å². The number of nitrogens with zero attached hydrogens (tertiary/aromatic N) is 1. The summed E-state index contributed by atoms with van der Waals surface area (Å²) in [5.74, 6) is 0. The van der Waals surface area contributed by atoms with Crippen LogP contribution >= 0.6 is 11.8 Å². The van der Waals surface area contributed by atoms with Crippen molar-refractivity contribution in [3.63, 3.8) is 0 Å². The van der Waals surface area contributed by atoms with Crippen molar-refractivity contribution >= 4 is 11.8 Å². The fourth-order valence-electron chi connectivity index (χ4n) is 2.91. The molecule has 2 aromatic rings. The molecule has 0 radical (unpaired) electrons. The smallest absolute Gasteiger partial charge is 0.0423 e. The van der Waals surface area contributed by atoms with Crippen molar-refractivity contribution in [1.29, 1.82) is 0 Å². The molecule has 0 amide bonds. The van der Waals surface area contributed by atoms with Crippen LogP contribution in [-0.4, -0.2) is 16.7 Å². The second kappa shape index (κ2) is 7.55. The Hall–Kier alpha value is -1.67. The first-order valence-electron chi connectivity index (χ1n) is 8.05. The van der Waals surface area contributed by atoms with Crippen molar-refractivity contribution in [1.82, 2.24) is 4.90 Å². The largest absolute Gasteiger partial charge is 0.373 e. The lowest BCUT2D eigenvalue weighted by Gasteiger charge is -2.32. The maximum atomic E-state index is 2.47. The maximum Gasteiger partial charge on any atom is 0.0423 e. The Morgan fingerprint density at radius 2 is 1.68 bits per heavy atom. The quantitative estimate of drug-likeness (QED) is 0.732. The van der Waals surface area contributed by atoms with Crippen molar-refractivity contribution < 1.29 is 0 Å². The predicted octanol–water partition coefficient (Wildman–Crippen LogP) is 5.35. The Bertz CT molecular complexity index is 606. The van der Waals surface area contributed by atoms with Gasteiger partial charge in [-0.15, -0.1) is 11.8 Å². The normalized spacial score (nSPS) is 18.1. The molecule has 0 spiro atoms. The molecule has 0 saturated carbocycles. The van der Waals surface area contributed by atoms with E-state index in [1.54, 1.807) is 5.57 Å². The minimum absolute atomic E-state index is 0.624. The van der Waals surface area contributed by atoms with E-state index in [9.17, 15) is 0 Å². The average Bonchev–Trinajstić information content (AvgIpc) is 2.58. The van der Waals surface area contributed by atoms with E-state index in [2.05, 4.69) is 78.7 Å². The lowest BCUT2D eigenvalue weighted by Crippen LogP contribution is -2.28. The summed E-state index contributed by atoms with van der Waals surface area (Å²) in [6.07, 6.45) is 4.76. The highest BCUT2D eigenvalue weighted by molar-refractivity contribution is 8.00. The van der Waals surface area contributed by atoms with Gasteiger partial charge in [0.15, 0.2) is 0 Å². The number of thioether (sulfide) groups is 1. The van der Waals surface area contributed by atoms with Crippen LogP contribution in [0.1, 0.15) is 25.3 Å². The summed E-state index contributed by atoms with van der Waals surface area (Å²) in [7, 11) is 0. The van der Waals surface area contributed by atoms with Crippen LogP contribution in [-0.2, 0) is 6.54 Å². The average molecular weight is 309 g/mol. The molecule has 1 heterocycles. The van der Waals surface area contributed by atoms with Crippen LogP contribution < -0.4 is 0 Å². The van der Waals surface area contributed by atoms with Gasteiger partial charge in [-0.1, -0.05) is 55.5 Å². The first kappa shape index (κ1) is 15.2.